The average Bonchev–Trinajstić information content (AvgIpc) is 2.60. The molecular formula is C9H7N3O3. The van der Waals surface area contributed by atoms with Crippen molar-refractivity contribution in [3.8, 4) is 0 Å². The summed E-state index contributed by atoms with van der Waals surface area (Å²) in [4.78, 5) is 21.9. The Kier molecular flexibility index (Phi) is 1.89. The molecule has 0 fully saturated rings. The molecule has 0 unspecified atom stereocenters. The van der Waals surface area contributed by atoms with Crippen molar-refractivity contribution in [3.05, 3.63) is 30.0 Å². The van der Waals surface area contributed by atoms with Crippen molar-refractivity contribution >= 4 is 22.9 Å². The van der Waals surface area contributed by atoms with Gasteiger partial charge in [0, 0.05) is 5.39 Å². The topological polar surface area (TPSA) is 98.2 Å². The molecule has 0 spiro atoms. The minimum Gasteiger partial charge on any atom is -0.478 e. The van der Waals surface area contributed by atoms with Crippen LogP contribution < -0.4 is 5.73 Å². The van der Waals surface area contributed by atoms with E-state index in [2.05, 4.69) is 5.10 Å². The zero-order valence-corrected chi connectivity index (χ0v) is 7.54. The van der Waals surface area contributed by atoms with Crippen LogP contribution in [0.5, 0.6) is 0 Å². The van der Waals surface area contributed by atoms with Gasteiger partial charge in [0.25, 0.3) is 0 Å². The minimum absolute atomic E-state index is 0.00352. The quantitative estimate of drug-likeness (QED) is 0.714. The molecular weight excluding hydrogens is 198 g/mol. The first-order chi connectivity index (χ1) is 7.11. The molecule has 3 N–H and O–H groups in total. The molecule has 0 aliphatic heterocycles. The van der Waals surface area contributed by atoms with Gasteiger partial charge in [-0.05, 0) is 6.07 Å². The van der Waals surface area contributed by atoms with E-state index in [1.165, 1.54) is 12.3 Å². The molecule has 0 radical (unpaired) electrons. The Morgan fingerprint density at radius 3 is 2.73 bits per heavy atom. The summed E-state index contributed by atoms with van der Waals surface area (Å²) in [7, 11) is 0. The van der Waals surface area contributed by atoms with E-state index >= 15 is 0 Å². The van der Waals surface area contributed by atoms with Crippen LogP contribution in [0.3, 0.4) is 0 Å². The van der Waals surface area contributed by atoms with Crippen LogP contribution in [0.15, 0.2) is 24.4 Å². The normalized spacial score (nSPS) is 10.4. The van der Waals surface area contributed by atoms with Crippen LogP contribution in [0, 0.1) is 0 Å². The Morgan fingerprint density at radius 1 is 1.40 bits per heavy atom. The second kappa shape index (κ2) is 3.09. The molecule has 0 saturated carbocycles. The highest BCUT2D eigenvalue weighted by atomic mass is 16.4. The monoisotopic (exact) mass is 205 g/mol. The summed E-state index contributed by atoms with van der Waals surface area (Å²) in [5.74, 6) is -1.12. The van der Waals surface area contributed by atoms with Crippen molar-refractivity contribution in [1.29, 1.82) is 0 Å². The summed E-state index contributed by atoms with van der Waals surface area (Å²) in [5, 5.41) is 13.2. The zero-order chi connectivity index (χ0) is 11.0. The number of aromatic carboxylic acids is 1. The number of hydrogen-bond acceptors (Lipinski definition) is 3. The summed E-state index contributed by atoms with van der Waals surface area (Å²) in [6.07, 6.45) is 1.40. The number of carboxylic acid groups (broad SMARTS) is 1. The number of aromatic nitrogens is 2. The van der Waals surface area contributed by atoms with Crippen LogP contribution in [-0.4, -0.2) is 26.9 Å². The van der Waals surface area contributed by atoms with E-state index in [1.54, 1.807) is 12.1 Å². The number of carbonyl (C=O) groups excluding carboxylic acids is 1. The van der Waals surface area contributed by atoms with E-state index in [0.717, 1.165) is 4.68 Å². The van der Waals surface area contributed by atoms with Crippen molar-refractivity contribution in [3.63, 3.8) is 0 Å². The van der Waals surface area contributed by atoms with Gasteiger partial charge in [0.05, 0.1) is 17.3 Å². The van der Waals surface area contributed by atoms with Crippen molar-refractivity contribution in [2.24, 2.45) is 5.73 Å². The standard InChI is InChI=1S/C9H7N3O3/c10-9(15)12-7-5(4-11-12)2-1-3-6(7)8(13)14/h1-4H,(H2,10,15)(H,13,14). The number of nitrogens with zero attached hydrogens (tertiary/aromatic N) is 2. The van der Waals surface area contributed by atoms with Gasteiger partial charge in [-0.15, -0.1) is 0 Å². The highest BCUT2D eigenvalue weighted by molar-refractivity contribution is 6.04. The Balaban J connectivity index is 2.86. The second-order valence-electron chi connectivity index (χ2n) is 2.94. The largest absolute Gasteiger partial charge is 0.478 e. The predicted octanol–water partition coefficient (Wildman–Crippen LogP) is 0.661. The maximum atomic E-state index is 11.0. The minimum atomic E-state index is -1.12. The van der Waals surface area contributed by atoms with Crippen LogP contribution in [0.25, 0.3) is 10.9 Å². The second-order valence-corrected chi connectivity index (χ2v) is 2.94. The molecule has 0 aliphatic carbocycles. The molecule has 0 bridgehead atoms. The number of amides is 1. The molecule has 2 rings (SSSR count). The fourth-order valence-corrected chi connectivity index (χ4v) is 1.42. The Labute approximate surface area is 83.9 Å². The molecule has 1 aromatic heterocycles. The van der Waals surface area contributed by atoms with Gasteiger partial charge < -0.3 is 10.8 Å². The molecule has 6 heteroatoms. The van der Waals surface area contributed by atoms with Crippen LogP contribution >= 0.6 is 0 Å². The number of primary amides is 1. The lowest BCUT2D eigenvalue weighted by Crippen LogP contribution is -2.21. The molecule has 6 nitrogen and oxygen atoms in total. The zero-order valence-electron chi connectivity index (χ0n) is 7.54. The lowest BCUT2D eigenvalue weighted by atomic mass is 10.1. The lowest BCUT2D eigenvalue weighted by molar-refractivity contribution is 0.0698. The summed E-state index contributed by atoms with van der Waals surface area (Å²) < 4.78 is 0.874. The molecule has 1 heterocycles. The number of para-hydroxylation sites is 1. The fraction of sp³-hybridized carbons (Fsp3) is 0. The highest BCUT2D eigenvalue weighted by Crippen LogP contribution is 2.18. The number of carboxylic acids is 1. The summed E-state index contributed by atoms with van der Waals surface area (Å²) in [6.45, 7) is 0. The van der Waals surface area contributed by atoms with Crippen molar-refractivity contribution in [2.45, 2.75) is 0 Å². The first-order valence-electron chi connectivity index (χ1n) is 4.11. The third-order valence-electron chi connectivity index (χ3n) is 2.03. The number of benzene rings is 1. The van der Waals surface area contributed by atoms with Crippen LogP contribution in [0.1, 0.15) is 10.4 Å². The molecule has 0 aliphatic rings. The van der Waals surface area contributed by atoms with Gasteiger partial charge in [0.1, 0.15) is 0 Å². The Morgan fingerprint density at radius 2 is 2.13 bits per heavy atom. The number of carbonyl (C=O) groups is 2. The smallest absolute Gasteiger partial charge is 0.340 e. The molecule has 0 atom stereocenters. The molecule has 1 amide bonds. The summed E-state index contributed by atoms with van der Waals surface area (Å²) in [6, 6.07) is 3.83. The SMILES string of the molecule is NC(=O)n1ncc2cccc(C(=O)O)c21. The van der Waals surface area contributed by atoms with E-state index in [1.807, 2.05) is 0 Å². The Bertz CT molecular complexity index is 559. The first-order valence-corrected chi connectivity index (χ1v) is 4.11. The van der Waals surface area contributed by atoms with Gasteiger partial charge >= 0.3 is 12.0 Å². The number of rotatable bonds is 1. The third-order valence-corrected chi connectivity index (χ3v) is 2.03. The van der Waals surface area contributed by atoms with E-state index in [9.17, 15) is 9.59 Å². The summed E-state index contributed by atoms with van der Waals surface area (Å²) >= 11 is 0. The number of hydrogen-bond donors (Lipinski definition) is 2. The van der Waals surface area contributed by atoms with Gasteiger partial charge in [-0.2, -0.15) is 9.78 Å². The van der Waals surface area contributed by atoms with Crippen molar-refractivity contribution < 1.29 is 14.7 Å². The van der Waals surface area contributed by atoms with E-state index in [-0.39, 0.29) is 11.1 Å². The van der Waals surface area contributed by atoms with Crippen molar-refractivity contribution in [1.82, 2.24) is 9.78 Å². The maximum Gasteiger partial charge on any atom is 0.340 e. The predicted molar refractivity (Wildman–Crippen MR) is 51.7 cm³/mol. The first kappa shape index (κ1) is 9.20. The van der Waals surface area contributed by atoms with Crippen LogP contribution in [0.2, 0.25) is 0 Å². The van der Waals surface area contributed by atoms with Gasteiger partial charge in [0.2, 0.25) is 0 Å². The third kappa shape index (κ3) is 1.32. The van der Waals surface area contributed by atoms with Gasteiger partial charge in [-0.1, -0.05) is 12.1 Å². The van der Waals surface area contributed by atoms with Gasteiger partial charge in [-0.3, -0.25) is 0 Å². The molecule has 1 aromatic carbocycles. The molecule has 15 heavy (non-hydrogen) atoms. The van der Waals surface area contributed by atoms with Crippen LogP contribution in [0.4, 0.5) is 4.79 Å². The lowest BCUT2D eigenvalue weighted by Gasteiger charge is -2.00. The molecule has 0 saturated heterocycles. The van der Waals surface area contributed by atoms with E-state index in [0.29, 0.717) is 5.39 Å². The fourth-order valence-electron chi connectivity index (χ4n) is 1.42. The van der Waals surface area contributed by atoms with Crippen molar-refractivity contribution in [2.75, 3.05) is 0 Å². The van der Waals surface area contributed by atoms with Crippen LogP contribution in [-0.2, 0) is 0 Å². The average molecular weight is 205 g/mol. The maximum absolute atomic E-state index is 11.0. The summed E-state index contributed by atoms with van der Waals surface area (Å²) in [5.41, 5.74) is 5.29. The highest BCUT2D eigenvalue weighted by Gasteiger charge is 2.15. The number of fused-ring (bicyclic) bond motifs is 1. The van der Waals surface area contributed by atoms with E-state index in [4.69, 9.17) is 10.8 Å². The van der Waals surface area contributed by atoms with E-state index < -0.39 is 12.0 Å². The molecule has 76 valence electrons. The molecule has 2 aromatic rings. The number of nitrogens with two attached hydrogens (primary N) is 1. The Hall–Kier alpha value is -2.37. The van der Waals surface area contributed by atoms with Gasteiger partial charge in [0.15, 0.2) is 0 Å². The van der Waals surface area contributed by atoms with Gasteiger partial charge in [-0.25, -0.2) is 9.59 Å².